The van der Waals surface area contributed by atoms with Gasteiger partial charge in [-0.15, -0.1) is 0 Å². The average molecular weight is 593 g/mol. The highest BCUT2D eigenvalue weighted by atomic mass is 16.5. The van der Waals surface area contributed by atoms with E-state index in [4.69, 9.17) is 4.74 Å². The Kier molecular flexibility index (Phi) is 10.0. The highest BCUT2D eigenvalue weighted by molar-refractivity contribution is 6.04. The number of carbonyl (C=O) groups is 2. The van der Waals surface area contributed by atoms with Crippen molar-refractivity contribution >= 4 is 17.5 Å². The molecule has 2 amide bonds. The normalized spacial score (nSPS) is 17.6. The second-order valence-corrected chi connectivity index (χ2v) is 11.7. The molecule has 228 valence electrons. The maximum Gasteiger partial charge on any atom is 0.255 e. The zero-order chi connectivity index (χ0) is 31.1. The van der Waals surface area contributed by atoms with Crippen molar-refractivity contribution in [1.29, 1.82) is 0 Å². The van der Waals surface area contributed by atoms with Crippen LogP contribution in [0.3, 0.4) is 0 Å². The van der Waals surface area contributed by atoms with Gasteiger partial charge in [-0.05, 0) is 61.0 Å². The van der Waals surface area contributed by atoms with Crippen molar-refractivity contribution in [1.82, 2.24) is 14.8 Å². The fourth-order valence-electron chi connectivity index (χ4n) is 5.55. The molecule has 0 bridgehead atoms. The van der Waals surface area contributed by atoms with Crippen LogP contribution >= 0.6 is 0 Å². The molecular weight excluding hydrogens is 552 g/mol. The smallest absolute Gasteiger partial charge is 0.255 e. The third kappa shape index (κ3) is 7.70. The largest absolute Gasteiger partial charge is 0.488 e. The maximum atomic E-state index is 13.5. The van der Waals surface area contributed by atoms with Crippen LogP contribution in [0, 0.1) is 5.92 Å². The predicted molar refractivity (Wildman–Crippen MR) is 172 cm³/mol. The lowest BCUT2D eigenvalue weighted by atomic mass is 10.0. The van der Waals surface area contributed by atoms with Gasteiger partial charge in [0.2, 0.25) is 5.91 Å². The summed E-state index contributed by atoms with van der Waals surface area (Å²) in [7, 11) is 2.08. The molecule has 0 unspecified atom stereocenters. The van der Waals surface area contributed by atoms with E-state index in [0.717, 1.165) is 6.54 Å². The van der Waals surface area contributed by atoms with Crippen LogP contribution in [-0.2, 0) is 17.8 Å². The van der Waals surface area contributed by atoms with E-state index >= 15 is 0 Å². The van der Waals surface area contributed by atoms with Crippen LogP contribution in [0.2, 0.25) is 0 Å². The van der Waals surface area contributed by atoms with Gasteiger partial charge in [-0.3, -0.25) is 19.5 Å². The predicted octanol–water partition coefficient (Wildman–Crippen LogP) is 5.28. The van der Waals surface area contributed by atoms with Crippen molar-refractivity contribution in [2.24, 2.45) is 5.92 Å². The van der Waals surface area contributed by atoms with Crippen LogP contribution in [0.1, 0.15) is 35.3 Å². The first-order valence-electron chi connectivity index (χ1n) is 15.0. The molecule has 0 radical (unpaired) electrons. The number of hydrogen-bond donors (Lipinski definition) is 2. The quantitative estimate of drug-likeness (QED) is 0.275. The lowest BCUT2D eigenvalue weighted by molar-refractivity contribution is -0.134. The summed E-state index contributed by atoms with van der Waals surface area (Å²) < 4.78 is 6.67. The van der Waals surface area contributed by atoms with Crippen molar-refractivity contribution in [2.45, 2.75) is 39.0 Å². The summed E-state index contributed by atoms with van der Waals surface area (Å²) in [4.78, 5) is 34.3. The number of benzene rings is 3. The van der Waals surface area contributed by atoms with Crippen molar-refractivity contribution in [2.75, 3.05) is 32.1 Å². The topological polar surface area (TPSA) is 95.0 Å². The summed E-state index contributed by atoms with van der Waals surface area (Å²) in [6.07, 6.45) is 3.02. The molecule has 1 aromatic heterocycles. The van der Waals surface area contributed by atoms with E-state index in [-0.39, 0.29) is 42.9 Å². The van der Waals surface area contributed by atoms with Gasteiger partial charge in [0, 0.05) is 54.8 Å². The molecule has 5 rings (SSSR count). The molecule has 3 atom stereocenters. The Labute approximate surface area is 259 Å². The molecular formula is C36H40N4O4. The molecule has 8 nitrogen and oxygen atoms in total. The fourth-order valence-corrected chi connectivity index (χ4v) is 5.55. The first-order chi connectivity index (χ1) is 21.3. The summed E-state index contributed by atoms with van der Waals surface area (Å²) in [5.74, 6) is 0.264. The van der Waals surface area contributed by atoms with Gasteiger partial charge in [0.15, 0.2) is 0 Å². The van der Waals surface area contributed by atoms with Crippen molar-refractivity contribution in [3.8, 4) is 16.9 Å². The standard InChI is InChI=1S/C36H40N4O4/c1-25-21-40(26(2)24-41)35(42)20-31-19-32(38-36(43)30-15-17-37-18-16-30)13-14-33(31)44-34(25)23-39(3)22-27-9-11-29(12-10-27)28-7-5-4-6-8-28/h4-19,25-26,34,41H,20-24H2,1-3H3,(H,38,43)/t25-,26-,34+/m1/s1. The number of aromatic nitrogens is 1. The van der Waals surface area contributed by atoms with Gasteiger partial charge >= 0.3 is 0 Å². The minimum atomic E-state index is -0.331. The number of aliphatic hydroxyl groups excluding tert-OH is 1. The summed E-state index contributed by atoms with van der Waals surface area (Å²) >= 11 is 0. The Hall–Kier alpha value is -4.53. The number of hydrogen-bond acceptors (Lipinski definition) is 6. The number of anilines is 1. The molecule has 0 spiro atoms. The molecule has 4 aromatic rings. The minimum absolute atomic E-state index is 0.00660. The summed E-state index contributed by atoms with van der Waals surface area (Å²) in [5, 5.41) is 12.9. The molecule has 8 heteroatoms. The molecule has 2 heterocycles. The first kappa shape index (κ1) is 30.9. The van der Waals surface area contributed by atoms with E-state index in [2.05, 4.69) is 65.6 Å². The molecule has 2 N–H and O–H groups in total. The molecule has 1 aliphatic rings. The van der Waals surface area contributed by atoms with E-state index in [1.54, 1.807) is 41.6 Å². The van der Waals surface area contributed by atoms with E-state index in [1.807, 2.05) is 31.2 Å². The molecule has 0 saturated carbocycles. The van der Waals surface area contributed by atoms with Crippen LogP contribution < -0.4 is 10.1 Å². The number of carbonyl (C=O) groups excluding carboxylic acids is 2. The Bertz CT molecular complexity index is 1550. The molecule has 0 aliphatic carbocycles. The SMILES string of the molecule is C[C@@H]1CN([C@H](C)CO)C(=O)Cc2cc(NC(=O)c3ccncc3)ccc2O[C@H]1CN(C)Cc1ccc(-c2ccccc2)cc1. The number of nitrogens with zero attached hydrogens (tertiary/aromatic N) is 3. The number of amides is 2. The lowest BCUT2D eigenvalue weighted by Gasteiger charge is -2.34. The number of ether oxygens (including phenoxy) is 1. The van der Waals surface area contributed by atoms with Crippen LogP contribution in [0.4, 0.5) is 5.69 Å². The fraction of sp³-hybridized carbons (Fsp3) is 0.306. The number of rotatable bonds is 9. The van der Waals surface area contributed by atoms with E-state index in [1.165, 1.54) is 16.7 Å². The number of likely N-dealkylation sites (N-methyl/N-ethyl adjacent to an activating group) is 1. The number of nitrogens with one attached hydrogen (secondary N) is 1. The van der Waals surface area contributed by atoms with E-state index in [9.17, 15) is 14.7 Å². The summed E-state index contributed by atoms with van der Waals surface area (Å²) in [6.45, 7) is 5.66. The van der Waals surface area contributed by atoms with Crippen molar-refractivity contribution < 1.29 is 19.4 Å². The summed E-state index contributed by atoms with van der Waals surface area (Å²) in [5.41, 5.74) is 5.32. The Balaban J connectivity index is 1.35. The number of fused-ring (bicyclic) bond motifs is 1. The molecule has 0 saturated heterocycles. The van der Waals surface area contributed by atoms with Gasteiger partial charge in [-0.25, -0.2) is 0 Å². The van der Waals surface area contributed by atoms with E-state index < -0.39 is 0 Å². The van der Waals surface area contributed by atoms with Gasteiger partial charge in [-0.1, -0.05) is 61.5 Å². The lowest BCUT2D eigenvalue weighted by Crippen LogP contribution is -2.47. The van der Waals surface area contributed by atoms with Crippen LogP contribution in [0.25, 0.3) is 11.1 Å². The highest BCUT2D eigenvalue weighted by Crippen LogP contribution is 2.30. The third-order valence-electron chi connectivity index (χ3n) is 8.12. The zero-order valence-corrected chi connectivity index (χ0v) is 25.5. The highest BCUT2D eigenvalue weighted by Gasteiger charge is 2.31. The monoisotopic (exact) mass is 592 g/mol. The van der Waals surface area contributed by atoms with Crippen LogP contribution in [0.5, 0.6) is 5.75 Å². The number of aliphatic hydroxyl groups is 1. The van der Waals surface area contributed by atoms with Gasteiger partial charge < -0.3 is 20.1 Å². The Morgan fingerprint density at radius 1 is 1.05 bits per heavy atom. The Morgan fingerprint density at radius 2 is 1.75 bits per heavy atom. The van der Waals surface area contributed by atoms with Gasteiger partial charge in [0.05, 0.1) is 19.1 Å². The maximum absolute atomic E-state index is 13.5. The van der Waals surface area contributed by atoms with Crippen molar-refractivity contribution in [3.05, 3.63) is 114 Å². The average Bonchev–Trinajstić information content (AvgIpc) is 3.09. The summed E-state index contributed by atoms with van der Waals surface area (Å²) in [6, 6.07) is 27.3. The van der Waals surface area contributed by atoms with Gasteiger partial charge in [0.25, 0.3) is 5.91 Å². The molecule has 0 fully saturated rings. The third-order valence-corrected chi connectivity index (χ3v) is 8.12. The zero-order valence-electron chi connectivity index (χ0n) is 25.5. The van der Waals surface area contributed by atoms with Crippen molar-refractivity contribution in [3.63, 3.8) is 0 Å². The second kappa shape index (κ2) is 14.3. The second-order valence-electron chi connectivity index (χ2n) is 11.7. The van der Waals surface area contributed by atoms with Crippen LogP contribution in [0.15, 0.2) is 97.3 Å². The van der Waals surface area contributed by atoms with Crippen LogP contribution in [-0.4, -0.2) is 70.6 Å². The number of pyridine rings is 1. The molecule has 3 aromatic carbocycles. The Morgan fingerprint density at radius 3 is 2.45 bits per heavy atom. The van der Waals surface area contributed by atoms with Gasteiger partial charge in [-0.2, -0.15) is 0 Å². The minimum Gasteiger partial charge on any atom is -0.488 e. The first-order valence-corrected chi connectivity index (χ1v) is 15.0. The molecule has 44 heavy (non-hydrogen) atoms. The van der Waals surface area contributed by atoms with Gasteiger partial charge in [0.1, 0.15) is 11.9 Å². The van der Waals surface area contributed by atoms with E-state index in [0.29, 0.717) is 35.7 Å². The molecule has 1 aliphatic heterocycles.